The van der Waals surface area contributed by atoms with E-state index in [2.05, 4.69) is 18.1 Å². The summed E-state index contributed by atoms with van der Waals surface area (Å²) < 4.78 is 28.3. The Bertz CT molecular complexity index is 341. The lowest BCUT2D eigenvalue weighted by molar-refractivity contribution is 0.494. The van der Waals surface area contributed by atoms with Crippen LogP contribution in [-0.2, 0) is 10.1 Å². The van der Waals surface area contributed by atoms with E-state index in [0.717, 1.165) is 0 Å². The molecular formula is C7H10N2O3S. The Morgan fingerprint density at radius 2 is 2.00 bits per heavy atom. The molecule has 0 aliphatic carbocycles. The van der Waals surface area contributed by atoms with E-state index in [0.29, 0.717) is 5.41 Å². The molecule has 0 spiro atoms. The van der Waals surface area contributed by atoms with Crippen LogP contribution in [0.2, 0.25) is 0 Å². The molecule has 0 bridgehead atoms. The van der Waals surface area contributed by atoms with Crippen LogP contribution in [0, 0.1) is 0 Å². The Morgan fingerprint density at radius 1 is 1.46 bits per heavy atom. The predicted octanol–water partition coefficient (Wildman–Crippen LogP) is 1.00. The van der Waals surface area contributed by atoms with Crippen molar-refractivity contribution in [3.8, 4) is 0 Å². The van der Waals surface area contributed by atoms with E-state index in [1.54, 1.807) is 23.3 Å². The van der Waals surface area contributed by atoms with Crippen LogP contribution < -0.4 is 0 Å². The highest BCUT2D eigenvalue weighted by Crippen LogP contribution is 1.81. The maximum Gasteiger partial charge on any atom is 0.287 e. The van der Waals surface area contributed by atoms with Crippen LogP contribution in [0.4, 0.5) is 0 Å². The molecule has 0 fully saturated rings. The van der Waals surface area contributed by atoms with Gasteiger partial charge in [-0.25, -0.2) is 4.98 Å². The third-order valence-corrected chi connectivity index (χ3v) is 1.37. The fraction of sp³-hybridized carbons (Fsp3) is 0. The standard InChI is InChI=1S/C5H6N2.C2H4O3S/c1-2-7-4-3-6-5-7;1-2-6(3,4)5/h2-5H,1H2;2H,1H2,(H,3,4,5). The highest BCUT2D eigenvalue weighted by Gasteiger charge is 1.87. The average Bonchev–Trinajstić information content (AvgIpc) is 2.56. The van der Waals surface area contributed by atoms with Gasteiger partial charge in [0.2, 0.25) is 0 Å². The van der Waals surface area contributed by atoms with Gasteiger partial charge in [0, 0.05) is 18.6 Å². The van der Waals surface area contributed by atoms with E-state index in [1.165, 1.54) is 0 Å². The van der Waals surface area contributed by atoms with Crippen LogP contribution in [0.25, 0.3) is 6.20 Å². The summed E-state index contributed by atoms with van der Waals surface area (Å²) in [6.45, 7) is 6.32. The second-order valence-corrected chi connectivity index (χ2v) is 3.24. The van der Waals surface area contributed by atoms with Crippen molar-refractivity contribution in [2.24, 2.45) is 0 Å². The number of rotatable bonds is 2. The number of hydrogen-bond acceptors (Lipinski definition) is 3. The van der Waals surface area contributed by atoms with E-state index >= 15 is 0 Å². The number of aromatic nitrogens is 2. The summed E-state index contributed by atoms with van der Waals surface area (Å²) in [5.74, 6) is 0. The average molecular weight is 202 g/mol. The van der Waals surface area contributed by atoms with Gasteiger partial charge in [0.15, 0.2) is 0 Å². The van der Waals surface area contributed by atoms with Crippen LogP contribution in [0.15, 0.2) is 37.3 Å². The molecule has 1 rings (SSSR count). The van der Waals surface area contributed by atoms with Gasteiger partial charge in [-0.2, -0.15) is 8.42 Å². The first-order valence-electron chi connectivity index (χ1n) is 3.19. The Morgan fingerprint density at radius 3 is 2.15 bits per heavy atom. The topological polar surface area (TPSA) is 72.2 Å². The summed E-state index contributed by atoms with van der Waals surface area (Å²) in [4.78, 5) is 3.78. The van der Waals surface area contributed by atoms with Gasteiger partial charge >= 0.3 is 0 Å². The van der Waals surface area contributed by atoms with Crippen molar-refractivity contribution in [3.05, 3.63) is 37.3 Å². The van der Waals surface area contributed by atoms with Gasteiger partial charge in [0.1, 0.15) is 0 Å². The second kappa shape index (κ2) is 5.28. The maximum atomic E-state index is 9.44. The van der Waals surface area contributed by atoms with Crippen molar-refractivity contribution in [3.63, 3.8) is 0 Å². The van der Waals surface area contributed by atoms with Gasteiger partial charge in [0.05, 0.1) is 11.7 Å². The molecule has 1 N–H and O–H groups in total. The first-order chi connectivity index (χ1) is 5.99. The molecule has 1 heterocycles. The molecule has 0 aromatic carbocycles. The molecule has 0 atom stereocenters. The van der Waals surface area contributed by atoms with E-state index in [-0.39, 0.29) is 0 Å². The largest absolute Gasteiger partial charge is 0.314 e. The minimum absolute atomic E-state index is 0.465. The van der Waals surface area contributed by atoms with Gasteiger partial charge in [-0.1, -0.05) is 13.2 Å². The predicted molar refractivity (Wildman–Crippen MR) is 50.4 cm³/mol. The SMILES string of the molecule is C=CS(=O)(=O)O.C=Cn1ccnc1. The van der Waals surface area contributed by atoms with Crippen LogP contribution in [-0.4, -0.2) is 22.5 Å². The summed E-state index contributed by atoms with van der Waals surface area (Å²) in [6, 6.07) is 0. The zero-order valence-electron chi connectivity index (χ0n) is 6.87. The third kappa shape index (κ3) is 6.98. The Kier molecular flexibility index (Phi) is 4.71. The van der Waals surface area contributed by atoms with Gasteiger partial charge in [-0.3, -0.25) is 4.55 Å². The van der Waals surface area contributed by atoms with E-state index in [9.17, 15) is 8.42 Å². The maximum absolute atomic E-state index is 9.44. The number of nitrogens with zero attached hydrogens (tertiary/aromatic N) is 2. The fourth-order valence-electron chi connectivity index (χ4n) is 0.377. The monoisotopic (exact) mass is 202 g/mol. The highest BCUT2D eigenvalue weighted by atomic mass is 32.2. The third-order valence-electron chi connectivity index (χ3n) is 0.946. The van der Waals surface area contributed by atoms with Crippen molar-refractivity contribution in [1.29, 1.82) is 0 Å². The quantitative estimate of drug-likeness (QED) is 0.726. The summed E-state index contributed by atoms with van der Waals surface area (Å²) in [5, 5.41) is 0.465. The van der Waals surface area contributed by atoms with Crippen molar-refractivity contribution in [2.75, 3.05) is 0 Å². The fourth-order valence-corrected chi connectivity index (χ4v) is 0.377. The minimum atomic E-state index is -3.90. The molecule has 0 aliphatic rings. The van der Waals surface area contributed by atoms with Crippen molar-refractivity contribution in [2.45, 2.75) is 0 Å². The minimum Gasteiger partial charge on any atom is -0.314 e. The first-order valence-corrected chi connectivity index (χ1v) is 4.70. The molecule has 13 heavy (non-hydrogen) atoms. The lowest BCUT2D eigenvalue weighted by Crippen LogP contribution is -1.86. The molecule has 1 aromatic rings. The molecule has 72 valence electrons. The van der Waals surface area contributed by atoms with Gasteiger partial charge < -0.3 is 4.57 Å². The normalized spacial score (nSPS) is 9.62. The van der Waals surface area contributed by atoms with Crippen LogP contribution in [0.3, 0.4) is 0 Å². The molecule has 0 saturated carbocycles. The Hall–Kier alpha value is -1.40. The molecule has 0 radical (unpaired) electrons. The molecule has 5 nitrogen and oxygen atoms in total. The van der Waals surface area contributed by atoms with E-state index in [4.69, 9.17) is 4.55 Å². The van der Waals surface area contributed by atoms with Crippen LogP contribution in [0.1, 0.15) is 0 Å². The summed E-state index contributed by atoms with van der Waals surface area (Å²) in [5.41, 5.74) is 0. The molecule has 6 heteroatoms. The molecule has 1 aromatic heterocycles. The molecular weight excluding hydrogens is 192 g/mol. The van der Waals surface area contributed by atoms with Crippen LogP contribution >= 0.6 is 0 Å². The lowest BCUT2D eigenvalue weighted by atomic mass is 10.9. The molecule has 0 amide bonds. The molecule has 0 aliphatic heterocycles. The smallest absolute Gasteiger partial charge is 0.287 e. The van der Waals surface area contributed by atoms with Gasteiger partial charge in [0.25, 0.3) is 10.1 Å². The summed E-state index contributed by atoms with van der Waals surface area (Å²) in [6.07, 6.45) is 6.91. The zero-order chi connectivity index (χ0) is 10.3. The first kappa shape index (κ1) is 11.6. The van der Waals surface area contributed by atoms with E-state index in [1.807, 2.05) is 6.20 Å². The van der Waals surface area contributed by atoms with Crippen molar-refractivity contribution >= 4 is 16.3 Å². The van der Waals surface area contributed by atoms with Crippen molar-refractivity contribution in [1.82, 2.24) is 9.55 Å². The lowest BCUT2D eigenvalue weighted by Gasteiger charge is -1.80. The molecule has 0 unspecified atom stereocenters. The van der Waals surface area contributed by atoms with Crippen LogP contribution in [0.5, 0.6) is 0 Å². The van der Waals surface area contributed by atoms with Crippen molar-refractivity contribution < 1.29 is 13.0 Å². The van der Waals surface area contributed by atoms with E-state index < -0.39 is 10.1 Å². The summed E-state index contributed by atoms with van der Waals surface area (Å²) in [7, 11) is -3.90. The second-order valence-electron chi connectivity index (χ2n) is 1.87. The number of hydrogen-bond donors (Lipinski definition) is 1. The molecule has 0 saturated heterocycles. The zero-order valence-corrected chi connectivity index (χ0v) is 7.68. The van der Waals surface area contributed by atoms with Gasteiger partial charge in [-0.15, -0.1) is 0 Å². The number of imidazole rings is 1. The Labute approximate surface area is 76.8 Å². The van der Waals surface area contributed by atoms with Gasteiger partial charge in [-0.05, 0) is 0 Å². The summed E-state index contributed by atoms with van der Waals surface area (Å²) >= 11 is 0. The highest BCUT2D eigenvalue weighted by molar-refractivity contribution is 7.88. The Balaban J connectivity index is 0.000000226.